The molecule has 0 unspecified atom stereocenters. The second kappa shape index (κ2) is 7.93. The summed E-state index contributed by atoms with van der Waals surface area (Å²) in [6, 6.07) is 6.06. The Morgan fingerprint density at radius 3 is 2.68 bits per heavy atom. The van der Waals surface area contributed by atoms with Gasteiger partial charge in [-0.15, -0.1) is 11.3 Å². The number of hydrogen-bond donors (Lipinski definition) is 1. The summed E-state index contributed by atoms with van der Waals surface area (Å²) in [5.41, 5.74) is 2.10. The van der Waals surface area contributed by atoms with Gasteiger partial charge in [-0.3, -0.25) is 4.79 Å². The number of aromatic nitrogens is 1. The number of esters is 1. The van der Waals surface area contributed by atoms with Gasteiger partial charge >= 0.3 is 5.97 Å². The number of thiophene rings is 1. The van der Waals surface area contributed by atoms with Crippen LogP contribution in [0.4, 0.5) is 9.39 Å². The van der Waals surface area contributed by atoms with Crippen LogP contribution in [-0.4, -0.2) is 23.6 Å². The van der Waals surface area contributed by atoms with Crippen molar-refractivity contribution in [2.75, 3.05) is 11.9 Å². The summed E-state index contributed by atoms with van der Waals surface area (Å²) in [7, 11) is 0. The SMILES string of the molecule is CCOC(=O)c1c(NC(=O)c2cc(-c3ccc(C)c(F)c3)on2)sc(C)c1C. The van der Waals surface area contributed by atoms with Crippen LogP contribution in [0.2, 0.25) is 0 Å². The Morgan fingerprint density at radius 1 is 1.25 bits per heavy atom. The Balaban J connectivity index is 1.85. The molecule has 6 nitrogen and oxygen atoms in total. The number of carbonyl (C=O) groups is 2. The molecule has 1 N–H and O–H groups in total. The molecule has 8 heteroatoms. The van der Waals surface area contributed by atoms with Gasteiger partial charge in [0, 0.05) is 16.5 Å². The highest BCUT2D eigenvalue weighted by atomic mass is 32.1. The van der Waals surface area contributed by atoms with E-state index in [1.54, 1.807) is 32.9 Å². The third-order valence-corrected chi connectivity index (χ3v) is 5.41. The number of amides is 1. The molecule has 0 saturated heterocycles. The highest BCUT2D eigenvalue weighted by Gasteiger charge is 2.23. The largest absolute Gasteiger partial charge is 0.462 e. The van der Waals surface area contributed by atoms with Crippen LogP contribution in [0.3, 0.4) is 0 Å². The van der Waals surface area contributed by atoms with Gasteiger partial charge in [0.05, 0.1) is 12.2 Å². The fourth-order valence-corrected chi connectivity index (χ4v) is 3.64. The standard InChI is InChI=1S/C20H19FN2O4S/c1-5-26-20(25)17-11(3)12(4)28-19(17)22-18(24)15-9-16(27-23-15)13-7-6-10(2)14(21)8-13/h6-9H,5H2,1-4H3,(H,22,24). The summed E-state index contributed by atoms with van der Waals surface area (Å²) in [4.78, 5) is 25.7. The minimum Gasteiger partial charge on any atom is -0.462 e. The van der Waals surface area contributed by atoms with Crippen molar-refractivity contribution < 1.29 is 23.2 Å². The molecule has 0 bridgehead atoms. The van der Waals surface area contributed by atoms with Gasteiger partial charge in [0.2, 0.25) is 0 Å². The first-order valence-corrected chi connectivity index (χ1v) is 9.45. The molecule has 0 fully saturated rings. The van der Waals surface area contributed by atoms with Gasteiger partial charge in [-0.05, 0) is 44.9 Å². The number of halogens is 1. The third-order valence-electron chi connectivity index (χ3n) is 4.29. The summed E-state index contributed by atoms with van der Waals surface area (Å²) in [6.07, 6.45) is 0. The molecule has 0 atom stereocenters. The summed E-state index contributed by atoms with van der Waals surface area (Å²) < 4.78 is 24.0. The van der Waals surface area contributed by atoms with E-state index < -0.39 is 11.9 Å². The zero-order valence-electron chi connectivity index (χ0n) is 15.9. The van der Waals surface area contributed by atoms with E-state index in [1.807, 2.05) is 6.92 Å². The van der Waals surface area contributed by atoms with E-state index in [0.29, 0.717) is 21.7 Å². The van der Waals surface area contributed by atoms with Gasteiger partial charge in [0.25, 0.3) is 5.91 Å². The lowest BCUT2D eigenvalue weighted by molar-refractivity contribution is 0.0527. The predicted molar refractivity (Wildman–Crippen MR) is 104 cm³/mol. The van der Waals surface area contributed by atoms with Crippen LogP contribution in [0, 0.1) is 26.6 Å². The van der Waals surface area contributed by atoms with Gasteiger partial charge in [-0.1, -0.05) is 17.3 Å². The summed E-state index contributed by atoms with van der Waals surface area (Å²) in [5.74, 6) is -1.12. The maximum Gasteiger partial charge on any atom is 0.341 e. The molecule has 1 aromatic carbocycles. The Hall–Kier alpha value is -3.00. The molecular weight excluding hydrogens is 383 g/mol. The van der Waals surface area contributed by atoms with Crippen molar-refractivity contribution in [1.29, 1.82) is 0 Å². The van der Waals surface area contributed by atoms with Crippen LogP contribution >= 0.6 is 11.3 Å². The van der Waals surface area contributed by atoms with Crippen molar-refractivity contribution in [3.05, 3.63) is 57.3 Å². The van der Waals surface area contributed by atoms with Crippen LogP contribution in [0.5, 0.6) is 0 Å². The van der Waals surface area contributed by atoms with Crippen molar-refractivity contribution in [3.63, 3.8) is 0 Å². The number of benzene rings is 1. The maximum atomic E-state index is 13.8. The first-order valence-electron chi connectivity index (χ1n) is 8.63. The number of aryl methyl sites for hydroxylation is 2. The van der Waals surface area contributed by atoms with Crippen molar-refractivity contribution in [3.8, 4) is 11.3 Å². The molecule has 2 heterocycles. The Bertz CT molecular complexity index is 1050. The van der Waals surface area contributed by atoms with E-state index in [2.05, 4.69) is 10.5 Å². The molecule has 28 heavy (non-hydrogen) atoms. The molecule has 0 spiro atoms. The number of ether oxygens (including phenoxy) is 1. The first-order chi connectivity index (χ1) is 13.3. The molecule has 3 rings (SSSR count). The Kier molecular flexibility index (Phi) is 5.60. The van der Waals surface area contributed by atoms with Crippen LogP contribution in [0.25, 0.3) is 11.3 Å². The van der Waals surface area contributed by atoms with Gasteiger partial charge < -0.3 is 14.6 Å². The summed E-state index contributed by atoms with van der Waals surface area (Å²) in [6.45, 7) is 7.27. The molecule has 0 aliphatic heterocycles. The molecule has 0 aliphatic carbocycles. The number of anilines is 1. The van der Waals surface area contributed by atoms with E-state index in [9.17, 15) is 14.0 Å². The third kappa shape index (κ3) is 3.82. The van der Waals surface area contributed by atoms with Crippen molar-refractivity contribution >= 4 is 28.2 Å². The fraction of sp³-hybridized carbons (Fsp3) is 0.250. The van der Waals surface area contributed by atoms with E-state index in [4.69, 9.17) is 9.26 Å². The minimum absolute atomic E-state index is 0.0227. The predicted octanol–water partition coefficient (Wildman–Crippen LogP) is 4.90. The van der Waals surface area contributed by atoms with E-state index >= 15 is 0 Å². The average molecular weight is 402 g/mol. The number of carbonyl (C=O) groups excluding carboxylic acids is 2. The van der Waals surface area contributed by atoms with Crippen LogP contribution in [0.1, 0.15) is 43.8 Å². The van der Waals surface area contributed by atoms with Gasteiger partial charge in [0.1, 0.15) is 10.8 Å². The Morgan fingerprint density at radius 2 is 2.00 bits per heavy atom. The molecular formula is C20H19FN2O4S. The van der Waals surface area contributed by atoms with E-state index in [-0.39, 0.29) is 23.9 Å². The normalized spacial score (nSPS) is 10.8. The van der Waals surface area contributed by atoms with Crippen LogP contribution in [-0.2, 0) is 4.74 Å². The van der Waals surface area contributed by atoms with Gasteiger partial charge in [0.15, 0.2) is 11.5 Å². The smallest absolute Gasteiger partial charge is 0.341 e. The van der Waals surface area contributed by atoms with Crippen LogP contribution < -0.4 is 5.32 Å². The second-order valence-electron chi connectivity index (χ2n) is 6.20. The van der Waals surface area contributed by atoms with Gasteiger partial charge in [-0.25, -0.2) is 9.18 Å². The van der Waals surface area contributed by atoms with Gasteiger partial charge in [-0.2, -0.15) is 0 Å². The monoisotopic (exact) mass is 402 g/mol. The summed E-state index contributed by atoms with van der Waals surface area (Å²) >= 11 is 1.28. The topological polar surface area (TPSA) is 81.4 Å². The number of rotatable bonds is 5. The van der Waals surface area contributed by atoms with Crippen LogP contribution in [0.15, 0.2) is 28.8 Å². The highest BCUT2D eigenvalue weighted by molar-refractivity contribution is 7.16. The minimum atomic E-state index is -0.533. The summed E-state index contributed by atoms with van der Waals surface area (Å²) in [5, 5.41) is 6.85. The number of nitrogens with zero attached hydrogens (tertiary/aromatic N) is 1. The Labute approximate surface area is 165 Å². The fourth-order valence-electron chi connectivity index (χ4n) is 2.60. The highest BCUT2D eigenvalue weighted by Crippen LogP contribution is 2.33. The molecule has 3 aromatic rings. The molecule has 0 aliphatic rings. The molecule has 0 saturated carbocycles. The lowest BCUT2D eigenvalue weighted by atomic mass is 10.1. The molecule has 2 aromatic heterocycles. The van der Waals surface area contributed by atoms with Crippen molar-refractivity contribution in [1.82, 2.24) is 5.16 Å². The maximum absolute atomic E-state index is 13.8. The number of hydrogen-bond acceptors (Lipinski definition) is 6. The van der Waals surface area contributed by atoms with Crippen molar-refractivity contribution in [2.45, 2.75) is 27.7 Å². The van der Waals surface area contributed by atoms with Crippen molar-refractivity contribution in [2.24, 2.45) is 0 Å². The van der Waals surface area contributed by atoms with E-state index in [1.165, 1.54) is 23.5 Å². The number of nitrogens with one attached hydrogen (secondary N) is 1. The molecule has 1 amide bonds. The second-order valence-corrected chi connectivity index (χ2v) is 7.43. The zero-order valence-corrected chi connectivity index (χ0v) is 16.7. The molecule has 146 valence electrons. The quantitative estimate of drug-likeness (QED) is 0.614. The lowest BCUT2D eigenvalue weighted by Crippen LogP contribution is -2.15. The lowest BCUT2D eigenvalue weighted by Gasteiger charge is -2.05. The zero-order chi connectivity index (χ0) is 20.4. The molecule has 0 radical (unpaired) electrons. The average Bonchev–Trinajstić information content (AvgIpc) is 3.23. The first kappa shape index (κ1) is 19.8. The van der Waals surface area contributed by atoms with E-state index in [0.717, 1.165) is 10.4 Å².